The molecule has 0 aromatic carbocycles. The lowest BCUT2D eigenvalue weighted by Crippen LogP contribution is -2.34. The number of rotatable bonds is 0. The van der Waals surface area contributed by atoms with E-state index in [9.17, 15) is 0 Å². The Morgan fingerprint density at radius 3 is 1.86 bits per heavy atom. The number of hydrogen-bond donors (Lipinski definition) is 0. The summed E-state index contributed by atoms with van der Waals surface area (Å²) < 4.78 is 0. The van der Waals surface area contributed by atoms with Crippen molar-refractivity contribution in [2.75, 3.05) is 0 Å². The van der Waals surface area contributed by atoms with Crippen LogP contribution in [0.15, 0.2) is 0 Å². The second-order valence-corrected chi connectivity index (χ2v) is 3.43. The van der Waals surface area contributed by atoms with Crippen molar-refractivity contribution in [1.82, 2.24) is 0 Å². The zero-order chi connectivity index (χ0) is 5.49. The van der Waals surface area contributed by atoms with E-state index in [0.29, 0.717) is 5.31 Å². The molecule has 1 rings (SSSR count). The smallest absolute Gasteiger partial charge is 0.0857 e. The summed E-state index contributed by atoms with van der Waals surface area (Å²) in [6.07, 6.45) is 2.89. The first-order valence-electron chi connectivity index (χ1n) is 3.13. The third kappa shape index (κ3) is 0.688. The van der Waals surface area contributed by atoms with Gasteiger partial charge in [0.15, 0.2) is 0 Å². The summed E-state index contributed by atoms with van der Waals surface area (Å²) in [4.78, 5) is 0. The SMILES string of the molecule is CB1CCC1(C)C. The van der Waals surface area contributed by atoms with Gasteiger partial charge in [-0.25, -0.2) is 0 Å². The Balaban J connectivity index is 2.43. The Morgan fingerprint density at radius 2 is 1.86 bits per heavy atom. The van der Waals surface area contributed by atoms with Crippen LogP contribution in [0.3, 0.4) is 0 Å². The van der Waals surface area contributed by atoms with Crippen molar-refractivity contribution in [2.45, 2.75) is 38.7 Å². The first-order chi connectivity index (χ1) is 3.13. The van der Waals surface area contributed by atoms with Gasteiger partial charge in [-0.3, -0.25) is 0 Å². The minimum absolute atomic E-state index is 0.681. The first-order valence-corrected chi connectivity index (χ1v) is 3.13. The minimum Gasteiger partial charge on any atom is -0.0857 e. The molecule has 0 unspecified atom stereocenters. The fraction of sp³-hybridized carbons (Fsp3) is 1.00. The third-order valence-corrected chi connectivity index (χ3v) is 2.56. The van der Waals surface area contributed by atoms with Crippen molar-refractivity contribution in [3.8, 4) is 0 Å². The highest BCUT2D eigenvalue weighted by molar-refractivity contribution is 6.63. The van der Waals surface area contributed by atoms with E-state index >= 15 is 0 Å². The van der Waals surface area contributed by atoms with Crippen molar-refractivity contribution < 1.29 is 0 Å². The summed E-state index contributed by atoms with van der Waals surface area (Å²) in [5, 5.41) is 0.681. The molecule has 0 radical (unpaired) electrons. The van der Waals surface area contributed by atoms with Crippen LogP contribution in [0.5, 0.6) is 0 Å². The molecule has 0 nitrogen and oxygen atoms in total. The highest BCUT2D eigenvalue weighted by Crippen LogP contribution is 2.46. The van der Waals surface area contributed by atoms with E-state index in [4.69, 9.17) is 0 Å². The Labute approximate surface area is 46.4 Å². The van der Waals surface area contributed by atoms with Crippen LogP contribution in [-0.2, 0) is 0 Å². The Hall–Kier alpha value is 0.0649. The van der Waals surface area contributed by atoms with Crippen molar-refractivity contribution in [2.24, 2.45) is 0 Å². The average molecular weight is 96.0 g/mol. The average Bonchev–Trinajstić information content (AvgIpc) is 1.63. The van der Waals surface area contributed by atoms with E-state index in [1.165, 1.54) is 12.7 Å². The van der Waals surface area contributed by atoms with E-state index in [2.05, 4.69) is 20.7 Å². The summed E-state index contributed by atoms with van der Waals surface area (Å²) in [5.74, 6) is 0. The van der Waals surface area contributed by atoms with Gasteiger partial charge in [-0.05, 0) is 0 Å². The van der Waals surface area contributed by atoms with Crippen LogP contribution in [0.2, 0.25) is 18.5 Å². The van der Waals surface area contributed by atoms with Gasteiger partial charge in [0.1, 0.15) is 6.71 Å². The van der Waals surface area contributed by atoms with Gasteiger partial charge in [-0.1, -0.05) is 38.7 Å². The standard InChI is InChI=1S/C6H13B/c1-6(2)4-5-7(6)3/h4-5H2,1-3H3. The van der Waals surface area contributed by atoms with Gasteiger partial charge in [-0.2, -0.15) is 0 Å². The summed E-state index contributed by atoms with van der Waals surface area (Å²) in [6, 6.07) is 0. The van der Waals surface area contributed by atoms with E-state index in [1.807, 2.05) is 0 Å². The quantitative estimate of drug-likeness (QED) is 0.406. The maximum atomic E-state index is 2.35. The highest BCUT2D eigenvalue weighted by Gasteiger charge is 2.37. The molecule has 0 saturated carbocycles. The second-order valence-electron chi connectivity index (χ2n) is 3.43. The van der Waals surface area contributed by atoms with Crippen molar-refractivity contribution >= 4 is 6.71 Å². The Bertz CT molecular complexity index is 76.2. The third-order valence-electron chi connectivity index (χ3n) is 2.56. The van der Waals surface area contributed by atoms with E-state index in [-0.39, 0.29) is 0 Å². The predicted octanol–water partition coefficient (Wildman–Crippen LogP) is 2.29. The van der Waals surface area contributed by atoms with Crippen LogP contribution in [0.1, 0.15) is 20.3 Å². The molecule has 0 bridgehead atoms. The predicted molar refractivity (Wildman–Crippen MR) is 35.1 cm³/mol. The highest BCUT2D eigenvalue weighted by atomic mass is 14.2. The van der Waals surface area contributed by atoms with Gasteiger partial charge in [0.2, 0.25) is 0 Å². The summed E-state index contributed by atoms with van der Waals surface area (Å²) >= 11 is 0. The molecule has 0 amide bonds. The van der Waals surface area contributed by atoms with Gasteiger partial charge >= 0.3 is 0 Å². The molecule has 40 valence electrons. The normalized spacial score (nSPS) is 27.0. The zero-order valence-electron chi connectivity index (χ0n) is 5.49. The molecule has 0 spiro atoms. The lowest BCUT2D eigenvalue weighted by molar-refractivity contribution is 0.562. The fourth-order valence-electron chi connectivity index (χ4n) is 1.01. The Morgan fingerprint density at radius 1 is 1.43 bits per heavy atom. The van der Waals surface area contributed by atoms with Crippen molar-refractivity contribution in [3.05, 3.63) is 0 Å². The second kappa shape index (κ2) is 1.27. The van der Waals surface area contributed by atoms with E-state index in [1.54, 1.807) is 0 Å². The first kappa shape index (κ1) is 5.21. The molecule has 0 aromatic heterocycles. The van der Waals surface area contributed by atoms with Crippen LogP contribution in [0.4, 0.5) is 0 Å². The topological polar surface area (TPSA) is 0 Å². The molecule has 1 heterocycles. The molecule has 7 heavy (non-hydrogen) atoms. The lowest BCUT2D eigenvalue weighted by Gasteiger charge is -2.39. The Kier molecular flexibility index (Phi) is 0.945. The number of hydrogen-bond acceptors (Lipinski definition) is 0. The van der Waals surface area contributed by atoms with Gasteiger partial charge in [0, 0.05) is 0 Å². The van der Waals surface area contributed by atoms with E-state index in [0.717, 1.165) is 6.71 Å². The molecular weight excluding hydrogens is 82.9 g/mol. The lowest BCUT2D eigenvalue weighted by atomic mass is 9.24. The molecule has 0 aliphatic carbocycles. The molecule has 1 aliphatic rings. The van der Waals surface area contributed by atoms with Crippen molar-refractivity contribution in [1.29, 1.82) is 0 Å². The van der Waals surface area contributed by atoms with Crippen LogP contribution < -0.4 is 0 Å². The molecule has 0 atom stereocenters. The monoisotopic (exact) mass is 96.1 g/mol. The molecule has 1 saturated heterocycles. The zero-order valence-corrected chi connectivity index (χ0v) is 5.49. The summed E-state index contributed by atoms with van der Waals surface area (Å²) in [5.41, 5.74) is 0. The van der Waals surface area contributed by atoms with Gasteiger partial charge in [-0.15, -0.1) is 0 Å². The molecule has 1 aliphatic heterocycles. The maximum Gasteiger partial charge on any atom is 0.142 e. The molecular formula is C6H13B. The van der Waals surface area contributed by atoms with Gasteiger partial charge < -0.3 is 0 Å². The van der Waals surface area contributed by atoms with Gasteiger partial charge in [0.25, 0.3) is 0 Å². The van der Waals surface area contributed by atoms with E-state index < -0.39 is 0 Å². The van der Waals surface area contributed by atoms with Crippen molar-refractivity contribution in [3.63, 3.8) is 0 Å². The minimum atomic E-state index is 0.681. The van der Waals surface area contributed by atoms with Gasteiger partial charge in [0.05, 0.1) is 0 Å². The summed E-state index contributed by atoms with van der Waals surface area (Å²) in [7, 11) is 0. The van der Waals surface area contributed by atoms with Crippen LogP contribution >= 0.6 is 0 Å². The summed E-state index contributed by atoms with van der Waals surface area (Å²) in [6.45, 7) is 8.01. The molecule has 1 heteroatoms. The van der Waals surface area contributed by atoms with Crippen LogP contribution in [-0.4, -0.2) is 6.71 Å². The molecule has 0 N–H and O–H groups in total. The fourth-order valence-corrected chi connectivity index (χ4v) is 1.01. The van der Waals surface area contributed by atoms with Crippen LogP contribution in [0.25, 0.3) is 0 Å². The molecule has 0 aromatic rings. The maximum absolute atomic E-state index is 2.35. The van der Waals surface area contributed by atoms with Crippen LogP contribution in [0, 0.1) is 0 Å². The largest absolute Gasteiger partial charge is 0.142 e. The molecule has 1 fully saturated rings.